The maximum absolute atomic E-state index is 9.89. The van der Waals surface area contributed by atoms with Crippen LogP contribution in [0.5, 0.6) is 0 Å². The summed E-state index contributed by atoms with van der Waals surface area (Å²) in [5.74, 6) is 0. The van der Waals surface area contributed by atoms with E-state index in [0.717, 1.165) is 38.5 Å². The molecule has 0 aromatic carbocycles. The molecule has 0 heterocycles. The van der Waals surface area contributed by atoms with Gasteiger partial charge in [0.1, 0.15) is 0 Å². The molecule has 0 spiro atoms. The van der Waals surface area contributed by atoms with Gasteiger partial charge in [0.05, 0.1) is 12.2 Å². The van der Waals surface area contributed by atoms with Gasteiger partial charge in [-0.05, 0) is 25.7 Å². The summed E-state index contributed by atoms with van der Waals surface area (Å²) >= 11 is 0. The fourth-order valence-electron chi connectivity index (χ4n) is 2.73. The van der Waals surface area contributed by atoms with Gasteiger partial charge in [-0.25, -0.2) is 0 Å². The fourth-order valence-corrected chi connectivity index (χ4v) is 2.73. The van der Waals surface area contributed by atoms with Crippen molar-refractivity contribution in [2.45, 2.75) is 109 Å². The highest BCUT2D eigenvalue weighted by Crippen LogP contribution is 2.14. The Balaban J connectivity index is 3.27. The van der Waals surface area contributed by atoms with Crippen molar-refractivity contribution in [3.8, 4) is 0 Å². The Morgan fingerprint density at radius 2 is 1.05 bits per heavy atom. The molecule has 2 atom stereocenters. The second kappa shape index (κ2) is 16.3. The van der Waals surface area contributed by atoms with Crippen LogP contribution in [0.4, 0.5) is 0 Å². The molecule has 0 rings (SSSR count). The van der Waals surface area contributed by atoms with Crippen molar-refractivity contribution in [2.75, 3.05) is 6.61 Å². The molecule has 3 heteroatoms. The number of aliphatic hydroxyl groups is 3. The molecule has 0 aromatic rings. The number of rotatable bonds is 16. The summed E-state index contributed by atoms with van der Waals surface area (Å²) in [4.78, 5) is 0. The first-order valence-corrected chi connectivity index (χ1v) is 9.17. The summed E-state index contributed by atoms with van der Waals surface area (Å²) in [6, 6.07) is 0. The SMILES string of the molecule is CCCCCC(O)CC(O)CCCCCCCCCCO. The Kier molecular flexibility index (Phi) is 16.2. The topological polar surface area (TPSA) is 60.7 Å². The van der Waals surface area contributed by atoms with Crippen molar-refractivity contribution in [1.29, 1.82) is 0 Å². The molecule has 0 bridgehead atoms. The molecular weight excluding hydrogens is 264 g/mol. The quantitative estimate of drug-likeness (QED) is 0.375. The monoisotopic (exact) mass is 302 g/mol. The maximum atomic E-state index is 9.89. The summed E-state index contributed by atoms with van der Waals surface area (Å²) in [5.41, 5.74) is 0. The average molecular weight is 302 g/mol. The Labute approximate surface area is 131 Å². The minimum absolute atomic E-state index is 0.321. The van der Waals surface area contributed by atoms with Crippen LogP contribution in [-0.2, 0) is 0 Å². The van der Waals surface area contributed by atoms with Gasteiger partial charge in [0.25, 0.3) is 0 Å². The summed E-state index contributed by atoms with van der Waals surface area (Å²) in [6.45, 7) is 2.48. The predicted octanol–water partition coefficient (Wildman–Crippen LogP) is 4.18. The molecule has 0 radical (unpaired) electrons. The Bertz CT molecular complexity index is 197. The summed E-state index contributed by atoms with van der Waals surface area (Å²) in [5, 5.41) is 28.4. The Morgan fingerprint density at radius 3 is 1.52 bits per heavy atom. The van der Waals surface area contributed by atoms with E-state index < -0.39 is 0 Å². The van der Waals surface area contributed by atoms with Gasteiger partial charge in [0.15, 0.2) is 0 Å². The van der Waals surface area contributed by atoms with E-state index in [0.29, 0.717) is 13.0 Å². The van der Waals surface area contributed by atoms with Crippen molar-refractivity contribution < 1.29 is 15.3 Å². The molecule has 3 nitrogen and oxygen atoms in total. The second-order valence-corrected chi connectivity index (χ2v) is 6.38. The van der Waals surface area contributed by atoms with E-state index >= 15 is 0 Å². The van der Waals surface area contributed by atoms with Gasteiger partial charge in [0, 0.05) is 6.61 Å². The van der Waals surface area contributed by atoms with Crippen LogP contribution in [0, 0.1) is 0 Å². The van der Waals surface area contributed by atoms with Crippen LogP contribution in [-0.4, -0.2) is 34.1 Å². The van der Waals surface area contributed by atoms with Crippen molar-refractivity contribution in [1.82, 2.24) is 0 Å². The van der Waals surface area contributed by atoms with Crippen LogP contribution >= 0.6 is 0 Å². The van der Waals surface area contributed by atoms with E-state index in [4.69, 9.17) is 5.11 Å². The van der Waals surface area contributed by atoms with Crippen LogP contribution in [0.1, 0.15) is 96.8 Å². The van der Waals surface area contributed by atoms with E-state index in [9.17, 15) is 10.2 Å². The van der Waals surface area contributed by atoms with E-state index in [-0.39, 0.29) is 12.2 Å². The lowest BCUT2D eigenvalue weighted by Gasteiger charge is -2.15. The molecule has 0 saturated heterocycles. The molecule has 2 unspecified atom stereocenters. The molecule has 0 aliphatic heterocycles. The van der Waals surface area contributed by atoms with E-state index in [2.05, 4.69) is 6.92 Å². The summed E-state index contributed by atoms with van der Waals surface area (Å²) in [6.07, 6.45) is 14.3. The van der Waals surface area contributed by atoms with Gasteiger partial charge >= 0.3 is 0 Å². The van der Waals surface area contributed by atoms with Crippen molar-refractivity contribution in [3.05, 3.63) is 0 Å². The summed E-state index contributed by atoms with van der Waals surface area (Å²) < 4.78 is 0. The van der Waals surface area contributed by atoms with Gasteiger partial charge in [-0.1, -0.05) is 71.1 Å². The zero-order chi connectivity index (χ0) is 15.8. The van der Waals surface area contributed by atoms with Crippen LogP contribution < -0.4 is 0 Å². The van der Waals surface area contributed by atoms with Crippen molar-refractivity contribution in [2.24, 2.45) is 0 Å². The number of unbranched alkanes of at least 4 members (excludes halogenated alkanes) is 9. The maximum Gasteiger partial charge on any atom is 0.0564 e. The minimum atomic E-state index is -0.328. The van der Waals surface area contributed by atoms with E-state index in [1.165, 1.54) is 44.9 Å². The van der Waals surface area contributed by atoms with Crippen LogP contribution in [0.3, 0.4) is 0 Å². The molecule has 128 valence electrons. The molecule has 0 aliphatic carbocycles. The van der Waals surface area contributed by atoms with Gasteiger partial charge < -0.3 is 15.3 Å². The van der Waals surface area contributed by atoms with Crippen LogP contribution in [0.15, 0.2) is 0 Å². The molecule has 0 fully saturated rings. The molecule has 21 heavy (non-hydrogen) atoms. The van der Waals surface area contributed by atoms with Crippen LogP contribution in [0.25, 0.3) is 0 Å². The molecular formula is C18H38O3. The van der Waals surface area contributed by atoms with Crippen molar-refractivity contribution in [3.63, 3.8) is 0 Å². The highest BCUT2D eigenvalue weighted by Gasteiger charge is 2.11. The second-order valence-electron chi connectivity index (χ2n) is 6.38. The van der Waals surface area contributed by atoms with E-state index in [1.54, 1.807) is 0 Å². The summed E-state index contributed by atoms with van der Waals surface area (Å²) in [7, 11) is 0. The number of hydrogen-bond donors (Lipinski definition) is 3. The van der Waals surface area contributed by atoms with Crippen molar-refractivity contribution >= 4 is 0 Å². The predicted molar refractivity (Wildman–Crippen MR) is 89.4 cm³/mol. The molecule has 0 saturated carbocycles. The Hall–Kier alpha value is -0.120. The van der Waals surface area contributed by atoms with Gasteiger partial charge in [-0.15, -0.1) is 0 Å². The zero-order valence-corrected chi connectivity index (χ0v) is 14.1. The average Bonchev–Trinajstić information content (AvgIpc) is 2.45. The largest absolute Gasteiger partial charge is 0.396 e. The minimum Gasteiger partial charge on any atom is -0.396 e. The molecule has 0 aromatic heterocycles. The highest BCUT2D eigenvalue weighted by atomic mass is 16.3. The van der Waals surface area contributed by atoms with Gasteiger partial charge in [-0.3, -0.25) is 0 Å². The standard InChI is InChI=1S/C18H38O3/c1-2-3-10-13-17(20)16-18(21)14-11-8-6-4-5-7-9-12-15-19/h17-21H,2-16H2,1H3. The molecule has 0 amide bonds. The third-order valence-electron chi connectivity index (χ3n) is 4.13. The van der Waals surface area contributed by atoms with Crippen LogP contribution in [0.2, 0.25) is 0 Å². The lowest BCUT2D eigenvalue weighted by atomic mass is 10.0. The van der Waals surface area contributed by atoms with E-state index in [1.807, 2.05) is 0 Å². The smallest absolute Gasteiger partial charge is 0.0564 e. The highest BCUT2D eigenvalue weighted by molar-refractivity contribution is 4.64. The molecule has 3 N–H and O–H groups in total. The lowest BCUT2D eigenvalue weighted by Crippen LogP contribution is -2.17. The first-order valence-electron chi connectivity index (χ1n) is 9.17. The third-order valence-corrected chi connectivity index (χ3v) is 4.13. The normalized spacial score (nSPS) is 14.3. The lowest BCUT2D eigenvalue weighted by molar-refractivity contribution is 0.0681. The number of hydrogen-bond acceptors (Lipinski definition) is 3. The third kappa shape index (κ3) is 16.1. The Morgan fingerprint density at radius 1 is 0.619 bits per heavy atom. The fraction of sp³-hybridized carbons (Fsp3) is 1.00. The molecule has 0 aliphatic rings. The van der Waals surface area contributed by atoms with Gasteiger partial charge in [-0.2, -0.15) is 0 Å². The zero-order valence-electron chi connectivity index (χ0n) is 14.1. The first kappa shape index (κ1) is 20.9. The van der Waals surface area contributed by atoms with Gasteiger partial charge in [0.2, 0.25) is 0 Å². The first-order chi connectivity index (χ1) is 10.2. The number of aliphatic hydroxyl groups excluding tert-OH is 3.